The van der Waals surface area contributed by atoms with Gasteiger partial charge in [-0.3, -0.25) is 9.59 Å². The topological polar surface area (TPSA) is 103 Å². The lowest BCUT2D eigenvalue weighted by atomic mass is 9.97. The second-order valence-corrected chi connectivity index (χ2v) is 11.6. The van der Waals surface area contributed by atoms with Crippen LogP contribution in [0.5, 0.6) is 5.75 Å². The van der Waals surface area contributed by atoms with Crippen LogP contribution in [0.15, 0.2) is 95.0 Å². The first kappa shape index (κ1) is 27.8. The molecule has 1 saturated heterocycles. The van der Waals surface area contributed by atoms with Crippen molar-refractivity contribution in [3.63, 3.8) is 0 Å². The van der Waals surface area contributed by atoms with Crippen molar-refractivity contribution >= 4 is 46.4 Å². The fourth-order valence-electron chi connectivity index (χ4n) is 4.94. The zero-order chi connectivity index (χ0) is 29.1. The van der Waals surface area contributed by atoms with E-state index in [1.54, 1.807) is 0 Å². The number of hydrogen-bond donors (Lipinski definition) is 1. The highest BCUT2D eigenvalue weighted by Gasteiger charge is 2.31. The number of carbonyl (C=O) groups excluding carboxylic acids is 2. The highest BCUT2D eigenvalue weighted by atomic mass is 35.5. The van der Waals surface area contributed by atoms with Crippen LogP contribution in [-0.2, 0) is 16.2 Å². The zero-order valence-electron chi connectivity index (χ0n) is 22.7. The number of halogens is 1. The first-order valence-corrected chi connectivity index (χ1v) is 14.8. The second-order valence-electron chi connectivity index (χ2n) is 10.1. The average molecular weight is 598 g/mol. The molecule has 0 bridgehead atoms. The van der Waals surface area contributed by atoms with Gasteiger partial charge in [0, 0.05) is 41.4 Å². The molecule has 3 heterocycles. The Morgan fingerprint density at radius 1 is 1.05 bits per heavy atom. The standard InChI is InChI=1S/C32H28ClN5O3S/c33-25-11-9-21(10-12-25)20-41-27-8-4-5-23(17-27)29-24(19-38(36-29)26-6-2-1-3-7-26)18-28-31(40)35-32(42-28)37-15-13-22(14-16-37)30(34)39/h1-12,17-19,22H,13-16,20H2,(H2,34,39)/b28-18-. The Labute approximate surface area is 252 Å². The van der Waals surface area contributed by atoms with E-state index in [-0.39, 0.29) is 17.7 Å². The molecule has 212 valence electrons. The van der Waals surface area contributed by atoms with E-state index in [1.165, 1.54) is 11.8 Å². The molecule has 0 aliphatic carbocycles. The van der Waals surface area contributed by atoms with Crippen LogP contribution in [0.1, 0.15) is 24.0 Å². The van der Waals surface area contributed by atoms with Crippen LogP contribution in [0.4, 0.5) is 0 Å². The van der Waals surface area contributed by atoms with Crippen molar-refractivity contribution in [3.8, 4) is 22.7 Å². The summed E-state index contributed by atoms with van der Waals surface area (Å²) < 4.78 is 7.88. The SMILES string of the molecule is NC(=O)C1CCN(C2=NC(=O)/C(=C/c3cn(-c4ccccc4)nc3-c3cccc(OCc4ccc(Cl)cc4)c3)S2)CC1. The van der Waals surface area contributed by atoms with Gasteiger partial charge in [-0.15, -0.1) is 0 Å². The Kier molecular flexibility index (Phi) is 8.12. The number of piperidine rings is 1. The van der Waals surface area contributed by atoms with Crippen LogP contribution in [0, 0.1) is 5.92 Å². The molecule has 2 N–H and O–H groups in total. The molecule has 4 aromatic rings. The van der Waals surface area contributed by atoms with Crippen molar-refractivity contribution in [2.45, 2.75) is 19.4 Å². The first-order chi connectivity index (χ1) is 20.4. The van der Waals surface area contributed by atoms with Crippen molar-refractivity contribution in [3.05, 3.63) is 106 Å². The maximum atomic E-state index is 13.0. The molecule has 0 spiro atoms. The predicted molar refractivity (Wildman–Crippen MR) is 166 cm³/mol. The van der Waals surface area contributed by atoms with Crippen molar-refractivity contribution in [1.82, 2.24) is 14.7 Å². The molecule has 0 radical (unpaired) electrons. The summed E-state index contributed by atoms with van der Waals surface area (Å²) >= 11 is 7.36. The molecule has 42 heavy (non-hydrogen) atoms. The van der Waals surface area contributed by atoms with Gasteiger partial charge in [0.1, 0.15) is 18.1 Å². The van der Waals surface area contributed by atoms with E-state index in [1.807, 2.05) is 95.8 Å². The number of hydrogen-bond acceptors (Lipinski definition) is 6. The number of nitrogens with zero attached hydrogens (tertiary/aromatic N) is 4. The lowest BCUT2D eigenvalue weighted by Gasteiger charge is -2.31. The van der Waals surface area contributed by atoms with Crippen molar-refractivity contribution in [1.29, 1.82) is 0 Å². The van der Waals surface area contributed by atoms with Gasteiger partial charge >= 0.3 is 0 Å². The number of carbonyl (C=O) groups is 2. The number of likely N-dealkylation sites (tertiary alicyclic amines) is 1. The van der Waals surface area contributed by atoms with Gasteiger partial charge in [-0.1, -0.05) is 54.1 Å². The molecule has 0 saturated carbocycles. The summed E-state index contributed by atoms with van der Waals surface area (Å²) in [5.41, 5.74) is 9.75. The second kappa shape index (κ2) is 12.3. The Bertz CT molecular complexity index is 1680. The Balaban J connectivity index is 1.27. The fraction of sp³-hybridized carbons (Fsp3) is 0.188. The number of para-hydroxylation sites is 1. The highest BCUT2D eigenvalue weighted by Crippen LogP contribution is 2.35. The van der Waals surface area contributed by atoms with Crippen LogP contribution in [0.3, 0.4) is 0 Å². The fourth-order valence-corrected chi connectivity index (χ4v) is 6.02. The van der Waals surface area contributed by atoms with Gasteiger partial charge in [0.05, 0.1) is 10.6 Å². The smallest absolute Gasteiger partial charge is 0.286 e. The summed E-state index contributed by atoms with van der Waals surface area (Å²) in [6.07, 6.45) is 5.09. The third-order valence-corrected chi connectivity index (χ3v) is 8.55. The number of thioether (sulfide) groups is 1. The monoisotopic (exact) mass is 597 g/mol. The average Bonchev–Trinajstić information content (AvgIpc) is 3.61. The quantitative estimate of drug-likeness (QED) is 0.265. The van der Waals surface area contributed by atoms with E-state index in [0.717, 1.165) is 22.4 Å². The molecular weight excluding hydrogens is 570 g/mol. The van der Waals surface area contributed by atoms with Crippen LogP contribution < -0.4 is 10.5 Å². The Hall–Kier alpha value is -4.34. The lowest BCUT2D eigenvalue weighted by Crippen LogP contribution is -2.40. The van der Waals surface area contributed by atoms with Crippen LogP contribution in [-0.4, -0.2) is 44.8 Å². The minimum atomic E-state index is -0.287. The minimum Gasteiger partial charge on any atom is -0.489 e. The molecule has 2 aliphatic rings. The zero-order valence-corrected chi connectivity index (χ0v) is 24.2. The molecule has 0 unspecified atom stereocenters. The number of ether oxygens (including phenoxy) is 1. The molecule has 2 amide bonds. The van der Waals surface area contributed by atoms with Crippen molar-refractivity contribution in [2.24, 2.45) is 16.6 Å². The molecule has 6 rings (SSSR count). The molecular formula is C32H28ClN5O3S. The maximum Gasteiger partial charge on any atom is 0.286 e. The molecule has 10 heteroatoms. The number of primary amides is 1. The summed E-state index contributed by atoms with van der Waals surface area (Å²) in [5.74, 6) is 0.0168. The molecule has 1 aromatic heterocycles. The Morgan fingerprint density at radius 3 is 2.55 bits per heavy atom. The maximum absolute atomic E-state index is 13.0. The third-order valence-electron chi connectivity index (χ3n) is 7.25. The van der Waals surface area contributed by atoms with E-state index >= 15 is 0 Å². The summed E-state index contributed by atoms with van der Waals surface area (Å²) in [6.45, 7) is 1.68. The minimum absolute atomic E-state index is 0.128. The number of aliphatic imine (C=N–C) groups is 1. The number of amides is 2. The summed E-state index contributed by atoms with van der Waals surface area (Å²) in [5, 5.41) is 6.25. The normalized spacial score (nSPS) is 16.6. The van der Waals surface area contributed by atoms with Gasteiger partial charge in [-0.05, 0) is 72.6 Å². The summed E-state index contributed by atoms with van der Waals surface area (Å²) in [4.78, 5) is 31.5. The van der Waals surface area contributed by atoms with Gasteiger partial charge in [-0.25, -0.2) is 4.68 Å². The number of aromatic nitrogens is 2. The van der Waals surface area contributed by atoms with Gasteiger partial charge in [0.15, 0.2) is 5.17 Å². The number of benzene rings is 3. The van der Waals surface area contributed by atoms with Crippen molar-refractivity contribution in [2.75, 3.05) is 13.1 Å². The lowest BCUT2D eigenvalue weighted by molar-refractivity contribution is -0.123. The summed E-state index contributed by atoms with van der Waals surface area (Å²) in [6, 6.07) is 25.1. The summed E-state index contributed by atoms with van der Waals surface area (Å²) in [7, 11) is 0. The third kappa shape index (κ3) is 6.27. The van der Waals surface area contributed by atoms with Gasteiger partial charge in [0.2, 0.25) is 5.91 Å². The first-order valence-electron chi connectivity index (χ1n) is 13.6. The Morgan fingerprint density at radius 2 is 1.81 bits per heavy atom. The van der Waals surface area contributed by atoms with Crippen LogP contribution >= 0.6 is 23.4 Å². The molecule has 1 fully saturated rings. The van der Waals surface area contributed by atoms with Gasteiger partial charge in [0.25, 0.3) is 5.91 Å². The van der Waals surface area contributed by atoms with Crippen LogP contribution in [0.2, 0.25) is 5.02 Å². The van der Waals surface area contributed by atoms with E-state index in [4.69, 9.17) is 27.2 Å². The van der Waals surface area contributed by atoms with E-state index in [2.05, 4.69) is 9.89 Å². The van der Waals surface area contributed by atoms with Crippen LogP contribution in [0.25, 0.3) is 23.0 Å². The van der Waals surface area contributed by atoms with Gasteiger partial charge in [-0.2, -0.15) is 10.1 Å². The molecule has 2 aliphatic heterocycles. The molecule has 0 atom stereocenters. The number of rotatable bonds is 7. The number of amidine groups is 1. The van der Waals surface area contributed by atoms with E-state index in [9.17, 15) is 9.59 Å². The van der Waals surface area contributed by atoms with Gasteiger partial charge < -0.3 is 15.4 Å². The van der Waals surface area contributed by atoms with E-state index in [0.29, 0.717) is 59.1 Å². The van der Waals surface area contributed by atoms with Crippen molar-refractivity contribution < 1.29 is 14.3 Å². The highest BCUT2D eigenvalue weighted by molar-refractivity contribution is 8.18. The largest absolute Gasteiger partial charge is 0.489 e. The molecule has 8 nitrogen and oxygen atoms in total. The van der Waals surface area contributed by atoms with E-state index < -0.39 is 0 Å². The number of nitrogens with two attached hydrogens (primary N) is 1. The predicted octanol–water partition coefficient (Wildman–Crippen LogP) is 5.94. The molecule has 3 aromatic carbocycles.